The molecule has 1 fully saturated rings. The number of hydrogen-bond acceptors (Lipinski definition) is 6. The van der Waals surface area contributed by atoms with Crippen molar-refractivity contribution in [1.29, 1.82) is 0 Å². The van der Waals surface area contributed by atoms with Crippen molar-refractivity contribution < 1.29 is 9.47 Å². The first-order chi connectivity index (χ1) is 6.84. The van der Waals surface area contributed by atoms with Crippen LogP contribution in [0.2, 0.25) is 0 Å². The number of aromatic nitrogens is 3. The summed E-state index contributed by atoms with van der Waals surface area (Å²) < 4.78 is 10.4. The Hall–Kier alpha value is -0.790. The summed E-state index contributed by atoms with van der Waals surface area (Å²) in [6.07, 6.45) is 1.15. The van der Waals surface area contributed by atoms with Crippen molar-refractivity contribution in [2.45, 2.75) is 17.7 Å². The summed E-state index contributed by atoms with van der Waals surface area (Å²) in [4.78, 5) is 3.98. The molecule has 2 rings (SSSR count). The SMILES string of the molecule is Nc1nc(SCC2CCOCO2)n[nH]1. The van der Waals surface area contributed by atoms with Crippen LogP contribution in [0.1, 0.15) is 6.42 Å². The van der Waals surface area contributed by atoms with Crippen molar-refractivity contribution in [3.05, 3.63) is 0 Å². The molecule has 0 saturated carbocycles. The average molecular weight is 216 g/mol. The van der Waals surface area contributed by atoms with Crippen LogP contribution in [-0.2, 0) is 9.47 Å². The molecule has 78 valence electrons. The Balaban J connectivity index is 1.76. The van der Waals surface area contributed by atoms with Gasteiger partial charge in [0.25, 0.3) is 0 Å². The van der Waals surface area contributed by atoms with Crippen LogP contribution in [0.15, 0.2) is 5.16 Å². The third-order valence-electron chi connectivity index (χ3n) is 1.85. The van der Waals surface area contributed by atoms with E-state index in [4.69, 9.17) is 15.2 Å². The lowest BCUT2D eigenvalue weighted by molar-refractivity contribution is -0.130. The van der Waals surface area contributed by atoms with E-state index >= 15 is 0 Å². The van der Waals surface area contributed by atoms with Crippen LogP contribution in [0.4, 0.5) is 5.95 Å². The molecule has 1 saturated heterocycles. The van der Waals surface area contributed by atoms with E-state index in [1.165, 1.54) is 11.8 Å². The molecule has 3 N–H and O–H groups in total. The fraction of sp³-hybridized carbons (Fsp3) is 0.714. The highest BCUT2D eigenvalue weighted by Crippen LogP contribution is 2.18. The number of thioether (sulfide) groups is 1. The summed E-state index contributed by atoms with van der Waals surface area (Å²) in [7, 11) is 0. The molecule has 0 radical (unpaired) electrons. The van der Waals surface area contributed by atoms with Crippen LogP contribution in [0.5, 0.6) is 0 Å². The zero-order valence-corrected chi connectivity index (χ0v) is 8.42. The quantitative estimate of drug-likeness (QED) is 0.704. The van der Waals surface area contributed by atoms with Gasteiger partial charge in [-0.25, -0.2) is 5.10 Å². The van der Waals surface area contributed by atoms with Gasteiger partial charge in [-0.1, -0.05) is 11.8 Å². The minimum absolute atomic E-state index is 0.230. The molecule has 1 aliphatic heterocycles. The summed E-state index contributed by atoms with van der Waals surface area (Å²) in [5.41, 5.74) is 5.39. The lowest BCUT2D eigenvalue weighted by atomic mass is 10.3. The second-order valence-corrected chi connectivity index (χ2v) is 3.90. The number of H-pyrrole nitrogens is 1. The molecular weight excluding hydrogens is 204 g/mol. The largest absolute Gasteiger partial charge is 0.368 e. The molecule has 6 nitrogen and oxygen atoms in total. The lowest BCUT2D eigenvalue weighted by Crippen LogP contribution is -2.25. The second-order valence-electron chi connectivity index (χ2n) is 2.92. The summed E-state index contributed by atoms with van der Waals surface area (Å²) in [6, 6.07) is 0. The number of nitrogens with one attached hydrogen (secondary N) is 1. The Labute approximate surface area is 85.6 Å². The topological polar surface area (TPSA) is 86.1 Å². The number of nitrogens with zero attached hydrogens (tertiary/aromatic N) is 2. The van der Waals surface area contributed by atoms with E-state index in [2.05, 4.69) is 15.2 Å². The van der Waals surface area contributed by atoms with E-state index in [9.17, 15) is 0 Å². The van der Waals surface area contributed by atoms with E-state index in [0.717, 1.165) is 18.8 Å². The van der Waals surface area contributed by atoms with E-state index < -0.39 is 0 Å². The monoisotopic (exact) mass is 216 g/mol. The summed E-state index contributed by atoms with van der Waals surface area (Å²) in [5.74, 6) is 1.18. The van der Waals surface area contributed by atoms with Crippen LogP contribution in [-0.4, -0.2) is 40.4 Å². The molecule has 0 aliphatic carbocycles. The predicted octanol–water partition coefficient (Wildman–Crippen LogP) is 0.242. The third-order valence-corrected chi connectivity index (χ3v) is 2.83. The van der Waals surface area contributed by atoms with Crippen LogP contribution >= 0.6 is 11.8 Å². The van der Waals surface area contributed by atoms with Crippen molar-refractivity contribution in [1.82, 2.24) is 15.2 Å². The van der Waals surface area contributed by atoms with Crippen molar-refractivity contribution in [2.75, 3.05) is 24.9 Å². The Morgan fingerprint density at radius 1 is 1.64 bits per heavy atom. The average Bonchev–Trinajstić information content (AvgIpc) is 2.63. The molecular formula is C7H12N4O2S. The van der Waals surface area contributed by atoms with E-state index in [1.807, 2.05) is 0 Å². The molecule has 14 heavy (non-hydrogen) atoms. The van der Waals surface area contributed by atoms with Crippen LogP contribution in [0, 0.1) is 0 Å². The fourth-order valence-electron chi connectivity index (χ4n) is 1.12. The second kappa shape index (κ2) is 4.63. The van der Waals surface area contributed by atoms with Gasteiger partial charge in [-0.05, 0) is 6.42 Å². The van der Waals surface area contributed by atoms with Gasteiger partial charge in [0.05, 0.1) is 12.7 Å². The minimum Gasteiger partial charge on any atom is -0.368 e. The fourth-order valence-corrected chi connectivity index (χ4v) is 1.99. The first-order valence-corrected chi connectivity index (χ1v) is 5.33. The zero-order chi connectivity index (χ0) is 9.80. The van der Waals surface area contributed by atoms with E-state index in [-0.39, 0.29) is 6.10 Å². The summed E-state index contributed by atoms with van der Waals surface area (Å²) >= 11 is 1.53. The van der Waals surface area contributed by atoms with Crippen LogP contribution < -0.4 is 5.73 Å². The Morgan fingerprint density at radius 2 is 2.57 bits per heavy atom. The van der Waals surface area contributed by atoms with Crippen molar-refractivity contribution >= 4 is 17.7 Å². The first kappa shape index (κ1) is 9.75. The van der Waals surface area contributed by atoms with Gasteiger partial charge in [0, 0.05) is 5.75 Å². The van der Waals surface area contributed by atoms with Crippen LogP contribution in [0.25, 0.3) is 0 Å². The molecule has 0 bridgehead atoms. The number of hydrogen-bond donors (Lipinski definition) is 2. The normalized spacial score (nSPS) is 22.4. The molecule has 1 atom stereocenters. The van der Waals surface area contributed by atoms with Gasteiger partial charge in [-0.3, -0.25) is 0 Å². The highest BCUT2D eigenvalue weighted by molar-refractivity contribution is 7.99. The molecule has 7 heteroatoms. The molecule has 1 unspecified atom stereocenters. The Kier molecular flexibility index (Phi) is 3.22. The number of rotatable bonds is 3. The number of anilines is 1. The molecule has 0 aromatic carbocycles. The van der Waals surface area contributed by atoms with Gasteiger partial charge in [-0.2, -0.15) is 4.98 Å². The smallest absolute Gasteiger partial charge is 0.216 e. The summed E-state index contributed by atoms with van der Waals surface area (Å²) in [5, 5.41) is 7.17. The van der Waals surface area contributed by atoms with Crippen LogP contribution in [0.3, 0.4) is 0 Å². The van der Waals surface area contributed by atoms with Gasteiger partial charge in [0.2, 0.25) is 11.1 Å². The van der Waals surface area contributed by atoms with Crippen molar-refractivity contribution in [3.63, 3.8) is 0 Å². The standard InChI is InChI=1S/C7H12N4O2S/c8-6-9-7(11-10-6)14-3-5-1-2-12-4-13-5/h5H,1-4H2,(H3,8,9,10,11). The summed E-state index contributed by atoms with van der Waals surface area (Å²) in [6.45, 7) is 1.16. The van der Waals surface area contributed by atoms with E-state index in [1.54, 1.807) is 0 Å². The number of ether oxygens (including phenoxy) is 2. The Bertz CT molecular complexity index is 287. The Morgan fingerprint density at radius 3 is 3.21 bits per heavy atom. The maximum Gasteiger partial charge on any atom is 0.216 e. The number of aromatic amines is 1. The minimum atomic E-state index is 0.230. The molecule has 1 aromatic rings. The van der Waals surface area contributed by atoms with Crippen molar-refractivity contribution in [2.24, 2.45) is 0 Å². The number of nitrogens with two attached hydrogens (primary N) is 1. The molecule has 0 amide bonds. The van der Waals surface area contributed by atoms with Gasteiger partial charge in [0.1, 0.15) is 6.79 Å². The van der Waals surface area contributed by atoms with E-state index in [0.29, 0.717) is 17.9 Å². The van der Waals surface area contributed by atoms with Gasteiger partial charge < -0.3 is 15.2 Å². The van der Waals surface area contributed by atoms with Gasteiger partial charge in [-0.15, -0.1) is 5.10 Å². The third kappa shape index (κ3) is 2.60. The van der Waals surface area contributed by atoms with Gasteiger partial charge in [0.15, 0.2) is 0 Å². The predicted molar refractivity (Wildman–Crippen MR) is 51.8 cm³/mol. The lowest BCUT2D eigenvalue weighted by Gasteiger charge is -2.21. The molecule has 0 spiro atoms. The maximum absolute atomic E-state index is 5.39. The molecule has 1 aromatic heterocycles. The molecule has 2 heterocycles. The highest BCUT2D eigenvalue weighted by atomic mass is 32.2. The van der Waals surface area contributed by atoms with Gasteiger partial charge >= 0.3 is 0 Å². The first-order valence-electron chi connectivity index (χ1n) is 4.34. The zero-order valence-electron chi connectivity index (χ0n) is 7.60. The maximum atomic E-state index is 5.39. The number of nitrogen functional groups attached to an aromatic ring is 1. The van der Waals surface area contributed by atoms with Crippen molar-refractivity contribution in [3.8, 4) is 0 Å². The molecule has 1 aliphatic rings. The highest BCUT2D eigenvalue weighted by Gasteiger charge is 2.15.